The van der Waals surface area contributed by atoms with Crippen molar-refractivity contribution in [1.29, 1.82) is 5.26 Å². The van der Waals surface area contributed by atoms with Crippen molar-refractivity contribution in [1.82, 2.24) is 5.32 Å². The Balaban J connectivity index is 2.16. The molecule has 0 saturated carbocycles. The van der Waals surface area contributed by atoms with Crippen molar-refractivity contribution in [3.05, 3.63) is 29.3 Å². The molecule has 5 nitrogen and oxygen atoms in total. The lowest BCUT2D eigenvalue weighted by atomic mass is 10.0. The normalized spacial score (nSPS) is 19.0. The number of hydrogen-bond acceptors (Lipinski definition) is 4. The van der Waals surface area contributed by atoms with Crippen LogP contribution in [0.5, 0.6) is 0 Å². The molecular weight excluding hydrogens is 230 g/mol. The summed E-state index contributed by atoms with van der Waals surface area (Å²) < 4.78 is 0. The van der Waals surface area contributed by atoms with E-state index in [0.29, 0.717) is 18.4 Å². The maximum atomic E-state index is 11.6. The van der Waals surface area contributed by atoms with Crippen LogP contribution in [0.1, 0.15) is 24.0 Å². The number of hydrogen-bond donors (Lipinski definition) is 2. The molecule has 1 fully saturated rings. The van der Waals surface area contributed by atoms with E-state index in [-0.39, 0.29) is 11.8 Å². The third-order valence-electron chi connectivity index (χ3n) is 2.94. The van der Waals surface area contributed by atoms with Gasteiger partial charge in [-0.1, -0.05) is 6.07 Å². The summed E-state index contributed by atoms with van der Waals surface area (Å²) in [4.78, 5) is 22.7. The highest BCUT2D eigenvalue weighted by atomic mass is 16.2. The largest absolute Gasteiger partial charge is 0.373 e. The Morgan fingerprint density at radius 3 is 2.89 bits per heavy atom. The smallest absolute Gasteiger partial charge is 0.249 e. The zero-order chi connectivity index (χ0) is 13.1. The molecule has 1 aliphatic heterocycles. The van der Waals surface area contributed by atoms with Gasteiger partial charge < -0.3 is 5.32 Å². The minimum Gasteiger partial charge on any atom is -0.373 e. The van der Waals surface area contributed by atoms with Crippen LogP contribution in [0.2, 0.25) is 0 Å². The van der Waals surface area contributed by atoms with Gasteiger partial charge in [-0.2, -0.15) is 5.26 Å². The van der Waals surface area contributed by atoms with E-state index in [2.05, 4.69) is 16.7 Å². The molecule has 0 aromatic heterocycles. The number of carbonyl (C=O) groups excluding carboxylic acids is 2. The number of amides is 2. The minimum atomic E-state index is -0.421. The van der Waals surface area contributed by atoms with Crippen molar-refractivity contribution in [3.63, 3.8) is 0 Å². The summed E-state index contributed by atoms with van der Waals surface area (Å²) in [6, 6.07) is 6.90. The van der Waals surface area contributed by atoms with E-state index >= 15 is 0 Å². The maximum absolute atomic E-state index is 11.6. The number of nitrogens with zero attached hydrogens (tertiary/aromatic N) is 1. The molecule has 1 aromatic carbocycles. The highest BCUT2D eigenvalue weighted by Gasteiger charge is 2.26. The number of carbonyl (C=O) groups is 2. The molecule has 92 valence electrons. The van der Waals surface area contributed by atoms with Crippen molar-refractivity contribution < 1.29 is 9.59 Å². The predicted octanol–water partition coefficient (Wildman–Crippen LogP) is 1.08. The second kappa shape index (κ2) is 4.88. The third-order valence-corrected chi connectivity index (χ3v) is 2.94. The van der Waals surface area contributed by atoms with Crippen LogP contribution >= 0.6 is 0 Å². The van der Waals surface area contributed by atoms with Crippen LogP contribution in [-0.2, 0) is 9.59 Å². The van der Waals surface area contributed by atoms with Gasteiger partial charge in [-0.25, -0.2) is 0 Å². The van der Waals surface area contributed by atoms with Crippen LogP contribution in [0.15, 0.2) is 18.2 Å². The zero-order valence-corrected chi connectivity index (χ0v) is 9.99. The third kappa shape index (κ3) is 2.48. The molecule has 1 atom stereocenters. The average Bonchev–Trinajstić information content (AvgIpc) is 2.35. The number of aryl methyl sites for hydroxylation is 1. The first kappa shape index (κ1) is 12.1. The molecule has 1 unspecified atom stereocenters. The molecule has 1 aromatic rings. The highest BCUT2D eigenvalue weighted by molar-refractivity contribution is 6.01. The summed E-state index contributed by atoms with van der Waals surface area (Å²) in [5.41, 5.74) is 2.25. The summed E-state index contributed by atoms with van der Waals surface area (Å²) in [7, 11) is 0. The fourth-order valence-electron chi connectivity index (χ4n) is 1.87. The predicted molar refractivity (Wildman–Crippen MR) is 65.7 cm³/mol. The quantitative estimate of drug-likeness (QED) is 0.761. The van der Waals surface area contributed by atoms with Gasteiger partial charge in [0, 0.05) is 12.1 Å². The molecule has 2 N–H and O–H groups in total. The van der Waals surface area contributed by atoms with Crippen LogP contribution in [0.3, 0.4) is 0 Å². The lowest BCUT2D eigenvalue weighted by molar-refractivity contribution is -0.133. The molecular formula is C13H13N3O2. The van der Waals surface area contributed by atoms with E-state index < -0.39 is 6.04 Å². The Bertz CT molecular complexity index is 546. The Labute approximate surface area is 105 Å². The summed E-state index contributed by atoms with van der Waals surface area (Å²) in [5, 5.41) is 14.2. The van der Waals surface area contributed by atoms with Crippen molar-refractivity contribution >= 4 is 17.5 Å². The number of anilines is 1. The first-order valence-electron chi connectivity index (χ1n) is 5.71. The Hall–Kier alpha value is -2.35. The van der Waals surface area contributed by atoms with Crippen LogP contribution in [0.25, 0.3) is 0 Å². The molecule has 1 aliphatic rings. The molecule has 0 radical (unpaired) electrons. The van der Waals surface area contributed by atoms with Crippen molar-refractivity contribution in [3.8, 4) is 6.07 Å². The fourth-order valence-corrected chi connectivity index (χ4v) is 1.87. The van der Waals surface area contributed by atoms with Gasteiger partial charge in [0.15, 0.2) is 0 Å². The first-order valence-corrected chi connectivity index (χ1v) is 5.71. The molecule has 1 heterocycles. The number of piperidine rings is 1. The maximum Gasteiger partial charge on any atom is 0.249 e. The topological polar surface area (TPSA) is 82.0 Å². The van der Waals surface area contributed by atoms with E-state index in [1.165, 1.54) is 0 Å². The molecule has 1 saturated heterocycles. The SMILES string of the molecule is Cc1ccc(C#N)cc1NC1CCC(=O)NC1=O. The van der Waals surface area contributed by atoms with Crippen LogP contribution in [0, 0.1) is 18.3 Å². The summed E-state index contributed by atoms with van der Waals surface area (Å²) in [5.74, 6) is -0.548. The lowest BCUT2D eigenvalue weighted by Crippen LogP contribution is -2.47. The zero-order valence-electron chi connectivity index (χ0n) is 9.99. The Morgan fingerprint density at radius 1 is 1.44 bits per heavy atom. The number of nitriles is 1. The lowest BCUT2D eigenvalue weighted by Gasteiger charge is -2.23. The molecule has 5 heteroatoms. The van der Waals surface area contributed by atoms with Gasteiger partial charge >= 0.3 is 0 Å². The standard InChI is InChI=1S/C13H13N3O2/c1-8-2-3-9(7-14)6-11(8)15-10-4-5-12(17)16-13(10)18/h2-3,6,10,15H,4-5H2,1H3,(H,16,17,18). The van der Waals surface area contributed by atoms with Crippen LogP contribution in [-0.4, -0.2) is 17.9 Å². The van der Waals surface area contributed by atoms with Crippen molar-refractivity contribution in [2.75, 3.05) is 5.32 Å². The number of nitrogens with one attached hydrogen (secondary N) is 2. The average molecular weight is 243 g/mol. The summed E-state index contributed by atoms with van der Waals surface area (Å²) >= 11 is 0. The van der Waals surface area contributed by atoms with Gasteiger partial charge in [0.25, 0.3) is 0 Å². The van der Waals surface area contributed by atoms with E-state index in [4.69, 9.17) is 5.26 Å². The molecule has 0 aliphatic carbocycles. The fraction of sp³-hybridized carbons (Fsp3) is 0.308. The van der Waals surface area contributed by atoms with Crippen molar-refractivity contribution in [2.45, 2.75) is 25.8 Å². The van der Waals surface area contributed by atoms with Gasteiger partial charge in [-0.3, -0.25) is 14.9 Å². The molecule has 2 amide bonds. The second-order valence-electron chi connectivity index (χ2n) is 4.29. The molecule has 2 rings (SSSR count). The van der Waals surface area contributed by atoms with Crippen LogP contribution < -0.4 is 10.6 Å². The van der Waals surface area contributed by atoms with E-state index in [0.717, 1.165) is 11.3 Å². The molecule has 0 spiro atoms. The number of rotatable bonds is 2. The van der Waals surface area contributed by atoms with Gasteiger partial charge in [0.1, 0.15) is 6.04 Å². The van der Waals surface area contributed by atoms with E-state index in [1.54, 1.807) is 12.1 Å². The monoisotopic (exact) mass is 243 g/mol. The second-order valence-corrected chi connectivity index (χ2v) is 4.29. The van der Waals surface area contributed by atoms with Gasteiger partial charge in [-0.15, -0.1) is 0 Å². The first-order chi connectivity index (χ1) is 8.60. The van der Waals surface area contributed by atoms with E-state index in [9.17, 15) is 9.59 Å². The molecule has 18 heavy (non-hydrogen) atoms. The van der Waals surface area contributed by atoms with Crippen LogP contribution in [0.4, 0.5) is 5.69 Å². The van der Waals surface area contributed by atoms with Gasteiger partial charge in [-0.05, 0) is 31.0 Å². The van der Waals surface area contributed by atoms with Gasteiger partial charge in [0.2, 0.25) is 11.8 Å². The molecule has 0 bridgehead atoms. The van der Waals surface area contributed by atoms with E-state index in [1.807, 2.05) is 13.0 Å². The number of benzene rings is 1. The Kier molecular flexibility index (Phi) is 3.28. The minimum absolute atomic E-state index is 0.236. The number of imide groups is 1. The highest BCUT2D eigenvalue weighted by Crippen LogP contribution is 2.19. The Morgan fingerprint density at radius 2 is 2.22 bits per heavy atom. The summed E-state index contributed by atoms with van der Waals surface area (Å²) in [6.45, 7) is 1.90. The van der Waals surface area contributed by atoms with Gasteiger partial charge in [0.05, 0.1) is 11.6 Å². The van der Waals surface area contributed by atoms with Crippen molar-refractivity contribution in [2.24, 2.45) is 0 Å². The summed E-state index contributed by atoms with van der Waals surface area (Å²) in [6.07, 6.45) is 0.807.